The van der Waals surface area contributed by atoms with Crippen molar-refractivity contribution in [3.05, 3.63) is 65.7 Å². The van der Waals surface area contributed by atoms with Crippen molar-refractivity contribution in [3.8, 4) is 0 Å². The van der Waals surface area contributed by atoms with E-state index >= 15 is 0 Å². The van der Waals surface area contributed by atoms with Gasteiger partial charge in [0.2, 0.25) is 10.0 Å². The van der Waals surface area contributed by atoms with Crippen LogP contribution in [0.4, 0.5) is 0 Å². The van der Waals surface area contributed by atoms with E-state index in [1.807, 2.05) is 42.5 Å². The topological polar surface area (TPSA) is 66.4 Å². The first-order valence-electron chi connectivity index (χ1n) is 9.09. The molecule has 0 aliphatic heterocycles. The minimum absolute atomic E-state index is 0.0776. The smallest absolute Gasteiger partial charge is 0.240 e. The van der Waals surface area contributed by atoms with Crippen LogP contribution in [0.5, 0.6) is 0 Å². The highest BCUT2D eigenvalue weighted by atomic mass is 32.2. The molecular formula is C21H29NO3S. The Hall–Kier alpha value is -1.69. The lowest BCUT2D eigenvalue weighted by atomic mass is 9.94. The number of hydrogen-bond acceptors (Lipinski definition) is 3. The van der Waals surface area contributed by atoms with Gasteiger partial charge in [-0.25, -0.2) is 13.1 Å². The Bertz CT molecular complexity index is 769. The van der Waals surface area contributed by atoms with Gasteiger partial charge >= 0.3 is 0 Å². The highest BCUT2D eigenvalue weighted by molar-refractivity contribution is 7.89. The average Bonchev–Trinajstić information content (AvgIpc) is 2.59. The Balaban J connectivity index is 2.09. The van der Waals surface area contributed by atoms with Crippen molar-refractivity contribution in [3.63, 3.8) is 0 Å². The molecule has 0 unspecified atom stereocenters. The zero-order valence-corrected chi connectivity index (χ0v) is 16.5. The number of aliphatic hydroxyl groups excluding tert-OH is 1. The molecule has 0 aliphatic rings. The molecule has 0 aromatic heterocycles. The largest absolute Gasteiger partial charge is 0.393 e. The Kier molecular flexibility index (Phi) is 7.38. The maximum Gasteiger partial charge on any atom is 0.240 e. The molecule has 0 bridgehead atoms. The van der Waals surface area contributed by atoms with Crippen LogP contribution in [0.15, 0.2) is 59.5 Å². The Morgan fingerprint density at radius 2 is 1.58 bits per heavy atom. The van der Waals surface area contributed by atoms with E-state index in [1.54, 1.807) is 19.1 Å². The molecule has 0 saturated carbocycles. The van der Waals surface area contributed by atoms with Crippen molar-refractivity contribution in [2.24, 2.45) is 5.92 Å². The normalized spacial score (nSPS) is 14.3. The van der Waals surface area contributed by atoms with Crippen LogP contribution >= 0.6 is 0 Å². The van der Waals surface area contributed by atoms with Crippen LogP contribution < -0.4 is 4.72 Å². The van der Waals surface area contributed by atoms with Crippen LogP contribution in [0.3, 0.4) is 0 Å². The van der Waals surface area contributed by atoms with Crippen LogP contribution in [0.25, 0.3) is 0 Å². The van der Waals surface area contributed by atoms with Gasteiger partial charge in [0.15, 0.2) is 0 Å². The number of aliphatic hydroxyl groups is 1. The minimum atomic E-state index is -3.58. The predicted molar refractivity (Wildman–Crippen MR) is 106 cm³/mol. The Morgan fingerprint density at radius 1 is 0.962 bits per heavy atom. The monoisotopic (exact) mass is 375 g/mol. The van der Waals surface area contributed by atoms with Gasteiger partial charge < -0.3 is 5.11 Å². The molecule has 2 atom stereocenters. The standard InChI is InChI=1S/C21H29NO3S/c1-16(2)13-18-9-11-21(12-10-18)26(24,25)22-15-20(14-17(3)23)19-7-5-4-6-8-19/h4-12,16-17,20,22-23H,13-15H2,1-3H3/t17-,20+/m0/s1. The minimum Gasteiger partial charge on any atom is -0.393 e. The lowest BCUT2D eigenvalue weighted by Gasteiger charge is -2.20. The van der Waals surface area contributed by atoms with E-state index in [-0.39, 0.29) is 17.4 Å². The summed E-state index contributed by atoms with van der Waals surface area (Å²) in [5.41, 5.74) is 2.15. The van der Waals surface area contributed by atoms with Crippen molar-refractivity contribution in [2.45, 2.75) is 50.5 Å². The van der Waals surface area contributed by atoms with Crippen LogP contribution in [0.2, 0.25) is 0 Å². The fourth-order valence-corrected chi connectivity index (χ4v) is 4.13. The van der Waals surface area contributed by atoms with E-state index in [0.29, 0.717) is 12.3 Å². The quantitative estimate of drug-likeness (QED) is 0.702. The second-order valence-electron chi connectivity index (χ2n) is 7.29. The lowest BCUT2D eigenvalue weighted by molar-refractivity contribution is 0.174. The summed E-state index contributed by atoms with van der Waals surface area (Å²) >= 11 is 0. The zero-order chi connectivity index (χ0) is 19.2. The van der Waals surface area contributed by atoms with Gasteiger partial charge in [0, 0.05) is 6.54 Å². The molecule has 2 rings (SSSR count). The van der Waals surface area contributed by atoms with E-state index < -0.39 is 16.1 Å². The van der Waals surface area contributed by atoms with E-state index in [2.05, 4.69) is 18.6 Å². The van der Waals surface area contributed by atoms with E-state index in [1.165, 1.54) is 0 Å². The first-order chi connectivity index (χ1) is 12.3. The molecule has 2 N–H and O–H groups in total. The first kappa shape index (κ1) is 20.6. The van der Waals surface area contributed by atoms with Crippen LogP contribution in [-0.2, 0) is 16.4 Å². The fourth-order valence-electron chi connectivity index (χ4n) is 3.04. The Morgan fingerprint density at radius 3 is 2.12 bits per heavy atom. The third-order valence-corrected chi connectivity index (χ3v) is 5.73. The SMILES string of the molecule is CC(C)Cc1ccc(S(=O)(=O)NC[C@@H](C[C@H](C)O)c2ccccc2)cc1. The molecule has 142 valence electrons. The van der Waals surface area contributed by atoms with Crippen molar-refractivity contribution in [1.29, 1.82) is 0 Å². The Labute approximate surface area is 157 Å². The predicted octanol–water partition coefficient (Wildman–Crippen LogP) is 3.72. The van der Waals surface area contributed by atoms with E-state index in [0.717, 1.165) is 17.5 Å². The summed E-state index contributed by atoms with van der Waals surface area (Å²) < 4.78 is 27.9. The van der Waals surface area contributed by atoms with Gasteiger partial charge in [0.1, 0.15) is 0 Å². The summed E-state index contributed by atoms with van der Waals surface area (Å²) in [6.45, 7) is 6.25. The molecule has 0 radical (unpaired) electrons. The molecular weight excluding hydrogens is 346 g/mol. The fraction of sp³-hybridized carbons (Fsp3) is 0.429. The highest BCUT2D eigenvalue weighted by Gasteiger charge is 2.19. The maximum absolute atomic E-state index is 12.6. The van der Waals surface area contributed by atoms with Gasteiger partial charge in [-0.1, -0.05) is 56.3 Å². The summed E-state index contributed by atoms with van der Waals surface area (Å²) in [4.78, 5) is 0.272. The van der Waals surface area contributed by atoms with Crippen molar-refractivity contribution < 1.29 is 13.5 Å². The van der Waals surface area contributed by atoms with Gasteiger partial charge in [0.05, 0.1) is 11.0 Å². The van der Waals surface area contributed by atoms with Crippen LogP contribution in [-0.4, -0.2) is 26.2 Å². The third kappa shape index (κ3) is 6.24. The third-order valence-electron chi connectivity index (χ3n) is 4.29. The second kappa shape index (κ2) is 9.31. The van der Waals surface area contributed by atoms with E-state index in [9.17, 15) is 13.5 Å². The summed E-state index contributed by atoms with van der Waals surface area (Å²) in [7, 11) is -3.58. The maximum atomic E-state index is 12.6. The number of sulfonamides is 1. The zero-order valence-electron chi connectivity index (χ0n) is 15.7. The summed E-state index contributed by atoms with van der Waals surface area (Å²) in [5.74, 6) is 0.453. The molecule has 2 aromatic carbocycles. The van der Waals surface area contributed by atoms with E-state index in [4.69, 9.17) is 0 Å². The van der Waals surface area contributed by atoms with Gasteiger partial charge in [0.25, 0.3) is 0 Å². The van der Waals surface area contributed by atoms with Gasteiger partial charge in [-0.3, -0.25) is 0 Å². The molecule has 0 aliphatic carbocycles. The first-order valence-corrected chi connectivity index (χ1v) is 10.6. The van der Waals surface area contributed by atoms with Crippen molar-refractivity contribution >= 4 is 10.0 Å². The molecule has 0 spiro atoms. The van der Waals surface area contributed by atoms with Crippen LogP contribution in [0.1, 0.15) is 44.2 Å². The highest BCUT2D eigenvalue weighted by Crippen LogP contribution is 2.22. The molecule has 0 amide bonds. The van der Waals surface area contributed by atoms with Crippen molar-refractivity contribution in [2.75, 3.05) is 6.54 Å². The van der Waals surface area contributed by atoms with Gasteiger partial charge in [-0.15, -0.1) is 0 Å². The second-order valence-corrected chi connectivity index (χ2v) is 9.05. The molecule has 0 heterocycles. The molecule has 2 aromatic rings. The molecule has 0 saturated heterocycles. The molecule has 26 heavy (non-hydrogen) atoms. The molecule has 0 fully saturated rings. The summed E-state index contributed by atoms with van der Waals surface area (Å²) in [6, 6.07) is 16.8. The summed E-state index contributed by atoms with van der Waals surface area (Å²) in [5, 5.41) is 9.76. The number of nitrogens with one attached hydrogen (secondary N) is 1. The lowest BCUT2D eigenvalue weighted by Crippen LogP contribution is -2.29. The number of hydrogen-bond donors (Lipinski definition) is 2. The van der Waals surface area contributed by atoms with Gasteiger partial charge in [-0.05, 0) is 54.9 Å². The molecule has 4 nitrogen and oxygen atoms in total. The average molecular weight is 376 g/mol. The number of rotatable bonds is 9. The van der Waals surface area contributed by atoms with Crippen molar-refractivity contribution in [1.82, 2.24) is 4.72 Å². The number of benzene rings is 2. The van der Waals surface area contributed by atoms with Crippen LogP contribution in [0, 0.1) is 5.92 Å². The van der Waals surface area contributed by atoms with Gasteiger partial charge in [-0.2, -0.15) is 0 Å². The molecule has 5 heteroatoms. The summed E-state index contributed by atoms with van der Waals surface area (Å²) in [6.07, 6.45) is 0.929.